The van der Waals surface area contributed by atoms with E-state index in [-0.39, 0.29) is 49.4 Å². The number of hydrazone groups is 2. The van der Waals surface area contributed by atoms with Gasteiger partial charge >= 0.3 is 23.9 Å². The van der Waals surface area contributed by atoms with Gasteiger partial charge in [0.1, 0.15) is 12.7 Å². The van der Waals surface area contributed by atoms with Crippen molar-refractivity contribution in [3.63, 3.8) is 0 Å². The van der Waals surface area contributed by atoms with Gasteiger partial charge in [0.05, 0.1) is 0 Å². The molecule has 42 heavy (non-hydrogen) atoms. The Labute approximate surface area is 239 Å². The van der Waals surface area contributed by atoms with Gasteiger partial charge in [0.15, 0.2) is 0 Å². The molecule has 2 aliphatic rings. The molecule has 2 aromatic rings. The van der Waals surface area contributed by atoms with E-state index >= 15 is 0 Å². The number of carbonyl (C=O) groups is 4. The van der Waals surface area contributed by atoms with Gasteiger partial charge in [-0.05, 0) is 11.8 Å². The summed E-state index contributed by atoms with van der Waals surface area (Å²) in [6, 6.07) is 0. The monoisotopic (exact) mass is 588 g/mol. The van der Waals surface area contributed by atoms with Gasteiger partial charge in [-0.15, -0.1) is 20.4 Å². The highest BCUT2D eigenvalue weighted by molar-refractivity contribution is 6.63. The van der Waals surface area contributed by atoms with E-state index in [4.69, 9.17) is 18.9 Å². The quantitative estimate of drug-likeness (QED) is 0.272. The van der Waals surface area contributed by atoms with Crippen LogP contribution in [0.3, 0.4) is 0 Å². The summed E-state index contributed by atoms with van der Waals surface area (Å²) < 4.78 is 25.3. The Morgan fingerprint density at radius 2 is 1.05 bits per heavy atom. The maximum Gasteiger partial charge on any atom is 0.369 e. The van der Waals surface area contributed by atoms with Crippen molar-refractivity contribution in [2.75, 3.05) is 10.9 Å². The lowest BCUT2D eigenvalue weighted by molar-refractivity contribution is -0.244. The third-order valence-corrected chi connectivity index (χ3v) is 7.16. The van der Waals surface area contributed by atoms with Gasteiger partial charge in [0.25, 0.3) is 23.0 Å². The first-order valence-electron chi connectivity index (χ1n) is 13.2. The predicted molar refractivity (Wildman–Crippen MR) is 142 cm³/mol. The highest BCUT2D eigenvalue weighted by Gasteiger charge is 2.50. The van der Waals surface area contributed by atoms with Crippen molar-refractivity contribution in [3.8, 4) is 0 Å². The van der Waals surface area contributed by atoms with Crippen LogP contribution in [0.4, 0.5) is 11.9 Å². The van der Waals surface area contributed by atoms with Gasteiger partial charge in [-0.25, -0.2) is 30.0 Å². The van der Waals surface area contributed by atoms with Crippen LogP contribution < -0.4 is 10.9 Å². The maximum absolute atomic E-state index is 12.8. The second kappa shape index (κ2) is 11.9. The Bertz CT molecular complexity index is 1280. The minimum atomic E-state index is -1.55. The van der Waals surface area contributed by atoms with Crippen LogP contribution in [0.2, 0.25) is 0 Å². The zero-order chi connectivity index (χ0) is 30.7. The van der Waals surface area contributed by atoms with Crippen molar-refractivity contribution in [3.05, 3.63) is 12.7 Å². The molecule has 2 saturated heterocycles. The first-order valence-corrected chi connectivity index (χ1v) is 13.2. The zero-order valence-electron chi connectivity index (χ0n) is 24.0. The molecule has 0 spiro atoms. The average Bonchev–Trinajstić information content (AvgIpc) is 3.54. The molecule has 2 aliphatic heterocycles. The van der Waals surface area contributed by atoms with E-state index in [1.165, 1.54) is 21.8 Å². The lowest BCUT2D eigenvalue weighted by atomic mass is 9.83. The molecular formula is C24H32N10O8. The second-order valence-electron chi connectivity index (χ2n) is 10.1. The fourth-order valence-electron chi connectivity index (χ4n) is 4.37. The fourth-order valence-corrected chi connectivity index (χ4v) is 4.37. The molecule has 4 rings (SSSR count). The number of anilines is 2. The number of esters is 4. The molecule has 2 unspecified atom stereocenters. The first kappa shape index (κ1) is 30.1. The number of nitrogens with zero attached hydrogens (tertiary/aromatic N) is 8. The number of ether oxygens (including phenoxy) is 4. The highest BCUT2D eigenvalue weighted by Crippen LogP contribution is 2.38. The summed E-state index contributed by atoms with van der Waals surface area (Å²) in [4.78, 5) is 51.1. The third-order valence-electron chi connectivity index (χ3n) is 7.16. The molecular weight excluding hydrogens is 556 g/mol. The summed E-state index contributed by atoms with van der Waals surface area (Å²) in [5, 5.41) is 22.5. The molecule has 2 N–H and O–H groups in total. The van der Waals surface area contributed by atoms with Crippen molar-refractivity contribution in [1.82, 2.24) is 29.5 Å². The highest BCUT2D eigenvalue weighted by atomic mass is 16.8. The molecule has 0 saturated carbocycles. The van der Waals surface area contributed by atoms with E-state index in [1.54, 1.807) is 27.9 Å². The van der Waals surface area contributed by atoms with Crippen molar-refractivity contribution >= 4 is 47.2 Å². The molecule has 0 radical (unpaired) electrons. The Morgan fingerprint density at radius 1 is 0.714 bits per heavy atom. The molecule has 0 aromatic carbocycles. The lowest BCUT2D eigenvalue weighted by Gasteiger charge is -2.40. The van der Waals surface area contributed by atoms with Crippen LogP contribution in [-0.4, -0.2) is 76.4 Å². The third kappa shape index (κ3) is 6.21. The summed E-state index contributed by atoms with van der Waals surface area (Å²) in [5.41, 5.74) is 3.83. The molecule has 0 aliphatic carbocycles. The molecule has 2 atom stereocenters. The number of rotatable bonds is 11. The zero-order valence-corrected chi connectivity index (χ0v) is 24.0. The van der Waals surface area contributed by atoms with E-state index in [0.717, 1.165) is 0 Å². The molecule has 0 amide bonds. The van der Waals surface area contributed by atoms with E-state index in [0.29, 0.717) is 0 Å². The molecule has 2 aromatic heterocycles. The normalized spacial score (nSPS) is 23.8. The number of hydrogen-bond acceptors (Lipinski definition) is 16. The lowest BCUT2D eigenvalue weighted by Crippen LogP contribution is -2.53. The first-order chi connectivity index (χ1) is 19.9. The van der Waals surface area contributed by atoms with Crippen LogP contribution in [-0.2, 0) is 52.2 Å². The minimum absolute atomic E-state index is 0.127. The van der Waals surface area contributed by atoms with Crippen LogP contribution in [0.1, 0.15) is 53.4 Å². The van der Waals surface area contributed by atoms with Crippen molar-refractivity contribution in [2.45, 2.75) is 65.0 Å². The predicted octanol–water partition coefficient (Wildman–Crippen LogP) is 0.645. The van der Waals surface area contributed by atoms with Gasteiger partial charge in [0.2, 0.25) is 11.9 Å². The Morgan fingerprint density at radius 3 is 1.31 bits per heavy atom. The van der Waals surface area contributed by atoms with Crippen LogP contribution in [0.25, 0.3) is 0 Å². The van der Waals surface area contributed by atoms with Gasteiger partial charge in [0, 0.05) is 39.8 Å². The number of aryl methyl sites for hydroxylation is 2. The number of nitrogens with one attached hydrogen (secondary N) is 2. The van der Waals surface area contributed by atoms with E-state index in [9.17, 15) is 19.2 Å². The SMILES string of the molecule is CCC1(CC(C)C(C)CC2(CC)OC(=O)C(=NNc3nncn3C)C(=O)O2)OC(=O)C(=NNc2nncn2C)C(=O)O1. The number of carbonyl (C=O) groups excluding carboxylic acids is 4. The van der Waals surface area contributed by atoms with Crippen LogP contribution >= 0.6 is 0 Å². The van der Waals surface area contributed by atoms with Gasteiger partial charge in [-0.3, -0.25) is 0 Å². The number of cyclic esters (lactones) is 4. The topological polar surface area (TPSA) is 215 Å². The number of hydrogen-bond donors (Lipinski definition) is 2. The van der Waals surface area contributed by atoms with Crippen LogP contribution in [0.5, 0.6) is 0 Å². The molecule has 4 heterocycles. The smallest absolute Gasteiger partial charge is 0.369 e. The standard InChI is InChI=1S/C24H32N10O8/c1-7-23(39-17(35)15(18(36)40-23)27-31-21-29-25-11-33(21)5)9-13(3)14(4)10-24(8-2)41-19(37)16(20(38)42-24)28-32-22-30-26-12-34(22)6/h11-14H,7-10H2,1-6H3,(H,29,31)(H,30,32). The molecule has 226 valence electrons. The van der Waals surface area contributed by atoms with Crippen molar-refractivity contribution in [1.29, 1.82) is 0 Å². The number of aromatic nitrogens is 6. The fraction of sp³-hybridized carbons (Fsp3) is 0.583. The summed E-state index contributed by atoms with van der Waals surface area (Å²) in [7, 11) is 3.29. The second-order valence-corrected chi connectivity index (χ2v) is 10.1. The minimum Gasteiger partial charge on any atom is -0.417 e. The molecule has 0 bridgehead atoms. The average molecular weight is 589 g/mol. The Hall–Kier alpha value is -4.90. The van der Waals surface area contributed by atoms with E-state index in [2.05, 4.69) is 41.4 Å². The van der Waals surface area contributed by atoms with Crippen molar-refractivity contribution in [2.24, 2.45) is 36.1 Å². The molecule has 18 heteroatoms. The largest absolute Gasteiger partial charge is 0.417 e. The molecule has 18 nitrogen and oxygen atoms in total. The summed E-state index contributed by atoms with van der Waals surface area (Å²) >= 11 is 0. The van der Waals surface area contributed by atoms with Gasteiger partial charge < -0.3 is 28.1 Å². The maximum atomic E-state index is 12.8. The van der Waals surface area contributed by atoms with E-state index < -0.39 is 46.9 Å². The van der Waals surface area contributed by atoms with Gasteiger partial charge in [-0.2, -0.15) is 10.2 Å². The summed E-state index contributed by atoms with van der Waals surface area (Å²) in [5.74, 6) is -7.02. The van der Waals surface area contributed by atoms with Crippen LogP contribution in [0, 0.1) is 11.8 Å². The summed E-state index contributed by atoms with van der Waals surface area (Å²) in [6.45, 7) is 7.14. The summed E-state index contributed by atoms with van der Waals surface area (Å²) in [6.07, 6.45) is 3.42. The Kier molecular flexibility index (Phi) is 8.53. The van der Waals surface area contributed by atoms with E-state index in [1.807, 2.05) is 13.8 Å². The molecule has 2 fully saturated rings. The Balaban J connectivity index is 1.40. The van der Waals surface area contributed by atoms with Crippen LogP contribution in [0.15, 0.2) is 22.9 Å². The van der Waals surface area contributed by atoms with Gasteiger partial charge in [-0.1, -0.05) is 27.7 Å². The van der Waals surface area contributed by atoms with Crippen molar-refractivity contribution < 1.29 is 38.1 Å².